The first-order valence-electron chi connectivity index (χ1n) is 4.96. The van der Waals surface area contributed by atoms with Gasteiger partial charge in [-0.15, -0.1) is 0 Å². The molecule has 1 saturated heterocycles. The zero-order chi connectivity index (χ0) is 11.6. The number of rotatable bonds is 2. The molecule has 6 heteroatoms. The van der Waals surface area contributed by atoms with E-state index in [1.165, 1.54) is 4.90 Å². The smallest absolute Gasteiger partial charge is 0.392 e. The van der Waals surface area contributed by atoms with E-state index in [2.05, 4.69) is 0 Å². The summed E-state index contributed by atoms with van der Waals surface area (Å²) in [4.78, 5) is 1.45. The molecule has 0 aromatic heterocycles. The standard InChI is InChI=1S/C9H16F3NO2/c1-6-2-3-13(4-7(6)14)5-8(15)9(10,11)12/h6-8,14-15H,2-5H2,1H3. The van der Waals surface area contributed by atoms with Crippen molar-refractivity contribution in [3.63, 3.8) is 0 Å². The predicted molar refractivity (Wildman–Crippen MR) is 48.3 cm³/mol. The Balaban J connectivity index is 2.40. The van der Waals surface area contributed by atoms with Gasteiger partial charge < -0.3 is 10.2 Å². The summed E-state index contributed by atoms with van der Waals surface area (Å²) < 4.78 is 36.1. The van der Waals surface area contributed by atoms with E-state index in [4.69, 9.17) is 5.11 Å². The highest BCUT2D eigenvalue weighted by Gasteiger charge is 2.40. The minimum Gasteiger partial charge on any atom is -0.392 e. The van der Waals surface area contributed by atoms with Crippen LogP contribution in [0.5, 0.6) is 0 Å². The van der Waals surface area contributed by atoms with Gasteiger partial charge in [0.05, 0.1) is 6.10 Å². The number of aliphatic hydroxyl groups excluding tert-OH is 2. The highest BCUT2D eigenvalue weighted by Crippen LogP contribution is 2.23. The quantitative estimate of drug-likeness (QED) is 0.726. The van der Waals surface area contributed by atoms with E-state index < -0.39 is 24.9 Å². The van der Waals surface area contributed by atoms with Crippen LogP contribution in [-0.2, 0) is 0 Å². The van der Waals surface area contributed by atoms with Crippen LogP contribution in [-0.4, -0.2) is 53.1 Å². The van der Waals surface area contributed by atoms with Crippen molar-refractivity contribution in [1.82, 2.24) is 4.90 Å². The van der Waals surface area contributed by atoms with E-state index in [9.17, 15) is 18.3 Å². The second-order valence-corrected chi connectivity index (χ2v) is 4.15. The van der Waals surface area contributed by atoms with Crippen LogP contribution in [0.3, 0.4) is 0 Å². The molecule has 0 saturated carbocycles. The summed E-state index contributed by atoms with van der Waals surface area (Å²) in [5.74, 6) is 0.115. The normalized spacial score (nSPS) is 31.6. The van der Waals surface area contributed by atoms with Crippen LogP contribution in [0.1, 0.15) is 13.3 Å². The Labute approximate surface area is 86.5 Å². The first kappa shape index (κ1) is 12.7. The van der Waals surface area contributed by atoms with Gasteiger partial charge in [-0.1, -0.05) is 6.92 Å². The molecule has 1 rings (SSSR count). The number of aliphatic hydroxyl groups is 2. The fourth-order valence-corrected chi connectivity index (χ4v) is 1.63. The molecule has 1 aliphatic rings. The summed E-state index contributed by atoms with van der Waals surface area (Å²) in [7, 11) is 0. The maximum atomic E-state index is 12.0. The lowest BCUT2D eigenvalue weighted by molar-refractivity contribution is -0.210. The summed E-state index contributed by atoms with van der Waals surface area (Å²) in [5.41, 5.74) is 0. The van der Waals surface area contributed by atoms with Crippen molar-refractivity contribution in [3.8, 4) is 0 Å². The number of hydrogen-bond donors (Lipinski definition) is 2. The van der Waals surface area contributed by atoms with Gasteiger partial charge in [0, 0.05) is 13.1 Å². The minimum absolute atomic E-state index is 0.115. The average molecular weight is 227 g/mol. The third kappa shape index (κ3) is 3.62. The van der Waals surface area contributed by atoms with Crippen molar-refractivity contribution in [3.05, 3.63) is 0 Å². The van der Waals surface area contributed by atoms with Crippen LogP contribution >= 0.6 is 0 Å². The second kappa shape index (κ2) is 4.67. The molecule has 0 radical (unpaired) electrons. The summed E-state index contributed by atoms with van der Waals surface area (Å²) in [6, 6.07) is 0. The van der Waals surface area contributed by atoms with Crippen LogP contribution in [0, 0.1) is 5.92 Å². The molecule has 0 aliphatic carbocycles. The molecule has 3 unspecified atom stereocenters. The number of alkyl halides is 3. The van der Waals surface area contributed by atoms with E-state index >= 15 is 0 Å². The Bertz CT molecular complexity index is 210. The predicted octanol–water partition coefficient (Wildman–Crippen LogP) is 0.612. The number of halogens is 3. The maximum Gasteiger partial charge on any atom is 0.415 e. The molecule has 3 nitrogen and oxygen atoms in total. The van der Waals surface area contributed by atoms with Crippen molar-refractivity contribution in [2.24, 2.45) is 5.92 Å². The van der Waals surface area contributed by atoms with Gasteiger partial charge in [-0.05, 0) is 18.9 Å². The van der Waals surface area contributed by atoms with Gasteiger partial charge in [0.2, 0.25) is 0 Å². The topological polar surface area (TPSA) is 43.7 Å². The lowest BCUT2D eigenvalue weighted by Crippen LogP contribution is -2.48. The van der Waals surface area contributed by atoms with Crippen molar-refractivity contribution in [2.45, 2.75) is 31.7 Å². The molecule has 0 bridgehead atoms. The summed E-state index contributed by atoms with van der Waals surface area (Å²) >= 11 is 0. The van der Waals surface area contributed by atoms with Crippen LogP contribution in [0.4, 0.5) is 13.2 Å². The summed E-state index contributed by atoms with van der Waals surface area (Å²) in [6.07, 6.45) is -6.84. The lowest BCUT2D eigenvalue weighted by Gasteiger charge is -2.35. The van der Waals surface area contributed by atoms with Gasteiger partial charge in [0.1, 0.15) is 0 Å². The molecule has 15 heavy (non-hydrogen) atoms. The van der Waals surface area contributed by atoms with Gasteiger partial charge in [0.15, 0.2) is 6.10 Å². The minimum atomic E-state index is -4.58. The fourth-order valence-electron chi connectivity index (χ4n) is 1.63. The van der Waals surface area contributed by atoms with E-state index in [0.29, 0.717) is 13.0 Å². The number of hydrogen-bond acceptors (Lipinski definition) is 3. The Hall–Kier alpha value is -0.330. The Kier molecular flexibility index (Phi) is 3.97. The third-order valence-corrected chi connectivity index (χ3v) is 2.81. The first-order chi connectivity index (χ1) is 6.80. The van der Waals surface area contributed by atoms with Crippen molar-refractivity contribution < 1.29 is 23.4 Å². The molecule has 1 fully saturated rings. The van der Waals surface area contributed by atoms with E-state index in [0.717, 1.165) is 0 Å². The fraction of sp³-hybridized carbons (Fsp3) is 1.00. The largest absolute Gasteiger partial charge is 0.415 e. The second-order valence-electron chi connectivity index (χ2n) is 4.15. The van der Waals surface area contributed by atoms with Gasteiger partial charge in [-0.2, -0.15) is 13.2 Å². The number of nitrogens with zero attached hydrogens (tertiary/aromatic N) is 1. The van der Waals surface area contributed by atoms with E-state index in [-0.39, 0.29) is 12.5 Å². The zero-order valence-electron chi connectivity index (χ0n) is 8.54. The van der Waals surface area contributed by atoms with Crippen molar-refractivity contribution >= 4 is 0 Å². The monoisotopic (exact) mass is 227 g/mol. The molecule has 2 N–H and O–H groups in total. The SMILES string of the molecule is CC1CCN(CC(O)C(F)(F)F)CC1O. The van der Waals surface area contributed by atoms with Gasteiger partial charge in [-0.3, -0.25) is 4.90 Å². The van der Waals surface area contributed by atoms with E-state index in [1.54, 1.807) is 0 Å². The molecule has 0 aromatic carbocycles. The maximum absolute atomic E-state index is 12.0. The van der Waals surface area contributed by atoms with Gasteiger partial charge in [0.25, 0.3) is 0 Å². The van der Waals surface area contributed by atoms with Crippen molar-refractivity contribution in [2.75, 3.05) is 19.6 Å². The highest BCUT2D eigenvalue weighted by molar-refractivity contribution is 4.80. The number of piperidine rings is 1. The zero-order valence-corrected chi connectivity index (χ0v) is 8.54. The molecule has 0 amide bonds. The Morgan fingerprint density at radius 1 is 1.47 bits per heavy atom. The molecule has 0 aromatic rings. The van der Waals surface area contributed by atoms with Gasteiger partial charge >= 0.3 is 6.18 Å². The highest BCUT2D eigenvalue weighted by atomic mass is 19.4. The van der Waals surface area contributed by atoms with E-state index in [1.807, 2.05) is 6.92 Å². The number of β-amino-alcohol motifs (C(OH)–C–C–N with tert-alkyl or cyclic N) is 2. The molecule has 0 spiro atoms. The molecule has 1 aliphatic heterocycles. The average Bonchev–Trinajstić information content (AvgIpc) is 2.10. The Morgan fingerprint density at radius 3 is 2.53 bits per heavy atom. The lowest BCUT2D eigenvalue weighted by atomic mass is 9.96. The Morgan fingerprint density at radius 2 is 2.07 bits per heavy atom. The summed E-state index contributed by atoms with van der Waals surface area (Å²) in [6.45, 7) is 2.11. The molecule has 3 atom stereocenters. The van der Waals surface area contributed by atoms with Crippen molar-refractivity contribution in [1.29, 1.82) is 0 Å². The summed E-state index contributed by atoms with van der Waals surface area (Å²) in [5, 5.41) is 18.3. The molecule has 90 valence electrons. The number of likely N-dealkylation sites (tertiary alicyclic amines) is 1. The van der Waals surface area contributed by atoms with Gasteiger partial charge in [-0.25, -0.2) is 0 Å². The first-order valence-corrected chi connectivity index (χ1v) is 4.96. The molecule has 1 heterocycles. The van der Waals surface area contributed by atoms with Crippen LogP contribution in [0.15, 0.2) is 0 Å². The molecular weight excluding hydrogens is 211 g/mol. The van der Waals surface area contributed by atoms with Crippen LogP contribution < -0.4 is 0 Å². The van der Waals surface area contributed by atoms with Crippen LogP contribution in [0.25, 0.3) is 0 Å². The molecular formula is C9H16F3NO2. The third-order valence-electron chi connectivity index (χ3n) is 2.81. The van der Waals surface area contributed by atoms with Crippen LogP contribution in [0.2, 0.25) is 0 Å².